The molecule has 0 unspecified atom stereocenters. The second-order valence-electron chi connectivity index (χ2n) is 4.93. The molecule has 2 rings (SSSR count). The number of halogens is 3. The Balaban J connectivity index is 2.14. The van der Waals surface area contributed by atoms with Crippen molar-refractivity contribution in [3.63, 3.8) is 0 Å². The fraction of sp³-hybridized carbons (Fsp3) is 0.125. The van der Waals surface area contributed by atoms with Crippen molar-refractivity contribution in [3.8, 4) is 11.8 Å². The minimum Gasteiger partial charge on any atom is -0.258 e. The molecule has 0 aliphatic rings. The lowest BCUT2D eigenvalue weighted by Crippen LogP contribution is -2.24. The molecular formula is C16H11F3N2O4S. The van der Waals surface area contributed by atoms with Crippen molar-refractivity contribution in [2.75, 3.05) is 6.54 Å². The molecule has 10 heteroatoms. The topological polar surface area (TPSA) is 89.3 Å². The number of rotatable bonds is 4. The summed E-state index contributed by atoms with van der Waals surface area (Å²) in [7, 11) is -4.20. The average Bonchev–Trinajstić information content (AvgIpc) is 2.58. The summed E-state index contributed by atoms with van der Waals surface area (Å²) < 4.78 is 64.1. The molecule has 0 spiro atoms. The Kier molecular flexibility index (Phi) is 5.64. The number of para-hydroxylation sites is 1. The van der Waals surface area contributed by atoms with E-state index in [0.717, 1.165) is 24.3 Å². The summed E-state index contributed by atoms with van der Waals surface area (Å²) >= 11 is 0. The zero-order chi connectivity index (χ0) is 19.4. The van der Waals surface area contributed by atoms with E-state index in [4.69, 9.17) is 0 Å². The first-order chi connectivity index (χ1) is 12.1. The highest BCUT2D eigenvalue weighted by Gasteiger charge is 2.30. The lowest BCUT2D eigenvalue weighted by Gasteiger charge is -2.06. The summed E-state index contributed by atoms with van der Waals surface area (Å²) in [5, 5.41) is 10.9. The molecule has 6 nitrogen and oxygen atoms in total. The van der Waals surface area contributed by atoms with Crippen LogP contribution in [0, 0.1) is 22.0 Å². The lowest BCUT2D eigenvalue weighted by molar-refractivity contribution is -0.387. The van der Waals surface area contributed by atoms with Gasteiger partial charge in [0.05, 0.1) is 17.0 Å². The van der Waals surface area contributed by atoms with E-state index in [9.17, 15) is 31.7 Å². The molecule has 0 aliphatic heterocycles. The molecule has 0 saturated heterocycles. The fourth-order valence-electron chi connectivity index (χ4n) is 1.96. The molecule has 0 bridgehead atoms. The van der Waals surface area contributed by atoms with Gasteiger partial charge >= 0.3 is 6.18 Å². The van der Waals surface area contributed by atoms with Crippen molar-refractivity contribution in [1.82, 2.24) is 4.72 Å². The first kappa shape index (κ1) is 19.4. The standard InChI is InChI=1S/C16H11F3N2O4S/c17-16(18,19)13-7-3-5-12(11-13)6-4-10-20-26(24,25)15-9-2-1-8-14(15)21(22)23/h1-3,5,7-9,11,20H,10H2. The van der Waals surface area contributed by atoms with Gasteiger partial charge in [-0.15, -0.1) is 0 Å². The summed E-state index contributed by atoms with van der Waals surface area (Å²) in [4.78, 5) is 9.54. The summed E-state index contributed by atoms with van der Waals surface area (Å²) in [6.07, 6.45) is -4.51. The predicted molar refractivity (Wildman–Crippen MR) is 86.6 cm³/mol. The summed E-state index contributed by atoms with van der Waals surface area (Å²) in [5.74, 6) is 4.79. The molecular weight excluding hydrogens is 373 g/mol. The highest BCUT2D eigenvalue weighted by molar-refractivity contribution is 7.89. The molecule has 0 heterocycles. The van der Waals surface area contributed by atoms with Crippen molar-refractivity contribution in [1.29, 1.82) is 0 Å². The van der Waals surface area contributed by atoms with Crippen molar-refractivity contribution in [2.45, 2.75) is 11.1 Å². The zero-order valence-corrected chi connectivity index (χ0v) is 13.8. The van der Waals surface area contributed by atoms with Crippen LogP contribution < -0.4 is 4.72 Å². The van der Waals surface area contributed by atoms with Crippen LogP contribution in [0.15, 0.2) is 53.4 Å². The monoisotopic (exact) mass is 384 g/mol. The number of hydrogen-bond donors (Lipinski definition) is 1. The maximum Gasteiger partial charge on any atom is 0.416 e. The third kappa shape index (κ3) is 4.81. The quantitative estimate of drug-likeness (QED) is 0.499. The lowest BCUT2D eigenvalue weighted by atomic mass is 10.1. The number of hydrogen-bond acceptors (Lipinski definition) is 4. The van der Waals surface area contributed by atoms with E-state index in [-0.39, 0.29) is 5.56 Å². The van der Waals surface area contributed by atoms with Gasteiger partial charge in [0.15, 0.2) is 4.90 Å². The Morgan fingerprint density at radius 3 is 2.46 bits per heavy atom. The molecule has 2 aromatic rings. The van der Waals surface area contributed by atoms with E-state index >= 15 is 0 Å². The van der Waals surface area contributed by atoms with Crippen molar-refractivity contribution >= 4 is 15.7 Å². The van der Waals surface area contributed by atoms with Crippen LogP contribution in [-0.2, 0) is 16.2 Å². The zero-order valence-electron chi connectivity index (χ0n) is 12.9. The normalized spacial score (nSPS) is 11.5. The van der Waals surface area contributed by atoms with Crippen molar-refractivity contribution in [3.05, 3.63) is 69.8 Å². The third-order valence-corrected chi connectivity index (χ3v) is 4.57. The third-order valence-electron chi connectivity index (χ3n) is 3.12. The number of nitrogens with zero attached hydrogens (tertiary/aromatic N) is 1. The Bertz CT molecular complexity index is 992. The minimum absolute atomic E-state index is 0.0599. The van der Waals surface area contributed by atoms with Crippen LogP contribution in [0.5, 0.6) is 0 Å². The van der Waals surface area contributed by atoms with Gasteiger partial charge in [0, 0.05) is 11.6 Å². The van der Waals surface area contributed by atoms with Crippen LogP contribution in [-0.4, -0.2) is 19.9 Å². The number of alkyl halides is 3. The maximum atomic E-state index is 12.6. The van der Waals surface area contributed by atoms with Crippen molar-refractivity contribution < 1.29 is 26.5 Å². The van der Waals surface area contributed by atoms with Crippen LogP contribution >= 0.6 is 0 Å². The first-order valence-corrected chi connectivity index (χ1v) is 8.49. The Morgan fingerprint density at radius 2 is 1.81 bits per heavy atom. The van der Waals surface area contributed by atoms with Crippen LogP contribution in [0.1, 0.15) is 11.1 Å². The van der Waals surface area contributed by atoms with E-state index in [1.807, 2.05) is 0 Å². The summed E-state index contributed by atoms with van der Waals surface area (Å²) in [6, 6.07) is 9.03. The van der Waals surface area contributed by atoms with E-state index in [0.29, 0.717) is 0 Å². The molecule has 2 aromatic carbocycles. The van der Waals surface area contributed by atoms with Gasteiger partial charge in [-0.2, -0.15) is 17.9 Å². The predicted octanol–water partition coefficient (Wildman–Crippen LogP) is 2.94. The van der Waals surface area contributed by atoms with Gasteiger partial charge in [0.1, 0.15) is 0 Å². The smallest absolute Gasteiger partial charge is 0.258 e. The van der Waals surface area contributed by atoms with Gasteiger partial charge in [-0.25, -0.2) is 8.42 Å². The number of nitro benzene ring substituents is 1. The number of sulfonamides is 1. The average molecular weight is 384 g/mol. The number of benzene rings is 2. The second kappa shape index (κ2) is 7.55. The summed E-state index contributed by atoms with van der Waals surface area (Å²) in [5.41, 5.74) is -1.40. The first-order valence-electron chi connectivity index (χ1n) is 7.00. The van der Waals surface area contributed by atoms with Crippen LogP contribution in [0.2, 0.25) is 0 Å². The van der Waals surface area contributed by atoms with Gasteiger partial charge in [-0.05, 0) is 24.3 Å². The molecule has 0 saturated carbocycles. The highest BCUT2D eigenvalue weighted by Crippen LogP contribution is 2.29. The number of nitrogens with one attached hydrogen (secondary N) is 1. The molecule has 0 fully saturated rings. The van der Waals surface area contributed by atoms with Gasteiger partial charge in [0.25, 0.3) is 5.69 Å². The highest BCUT2D eigenvalue weighted by atomic mass is 32.2. The van der Waals surface area contributed by atoms with E-state index in [1.54, 1.807) is 0 Å². The largest absolute Gasteiger partial charge is 0.416 e. The van der Waals surface area contributed by atoms with E-state index < -0.39 is 43.8 Å². The van der Waals surface area contributed by atoms with E-state index in [2.05, 4.69) is 16.6 Å². The Morgan fingerprint density at radius 1 is 1.12 bits per heavy atom. The molecule has 0 aromatic heterocycles. The fourth-order valence-corrected chi connectivity index (χ4v) is 3.06. The van der Waals surface area contributed by atoms with Crippen molar-refractivity contribution in [2.24, 2.45) is 0 Å². The molecule has 1 N–H and O–H groups in total. The maximum absolute atomic E-state index is 12.6. The summed E-state index contributed by atoms with van der Waals surface area (Å²) in [6.45, 7) is -0.426. The molecule has 136 valence electrons. The van der Waals surface area contributed by atoms with Gasteiger partial charge in [-0.1, -0.05) is 30.0 Å². The molecule has 0 aliphatic carbocycles. The SMILES string of the molecule is O=[N+]([O-])c1ccccc1S(=O)(=O)NCC#Cc1cccc(C(F)(F)F)c1. The van der Waals surface area contributed by atoms with Crippen LogP contribution in [0.4, 0.5) is 18.9 Å². The van der Waals surface area contributed by atoms with Gasteiger partial charge < -0.3 is 0 Å². The minimum atomic E-state index is -4.51. The Labute approximate surface area is 146 Å². The number of nitro groups is 1. The molecule has 26 heavy (non-hydrogen) atoms. The molecule has 0 atom stereocenters. The van der Waals surface area contributed by atoms with E-state index in [1.165, 1.54) is 24.3 Å². The molecule has 0 radical (unpaired) electrons. The Hall–Kier alpha value is -2.90. The molecule has 0 amide bonds. The van der Waals surface area contributed by atoms with Crippen LogP contribution in [0.3, 0.4) is 0 Å². The van der Waals surface area contributed by atoms with Gasteiger partial charge in [0.2, 0.25) is 10.0 Å². The second-order valence-corrected chi connectivity index (χ2v) is 6.67. The van der Waals surface area contributed by atoms with Crippen LogP contribution in [0.25, 0.3) is 0 Å². The van der Waals surface area contributed by atoms with Gasteiger partial charge in [-0.3, -0.25) is 10.1 Å².